The molecule has 1 unspecified atom stereocenters. The van der Waals surface area contributed by atoms with Crippen LogP contribution in [0.4, 0.5) is 0 Å². The van der Waals surface area contributed by atoms with Gasteiger partial charge in [-0.3, -0.25) is 9.59 Å². The maximum Gasteiger partial charge on any atom is 0.295 e. The van der Waals surface area contributed by atoms with Gasteiger partial charge in [-0.1, -0.05) is 37.6 Å². The number of rotatable bonds is 9. The van der Waals surface area contributed by atoms with Crippen molar-refractivity contribution in [1.82, 2.24) is 4.90 Å². The predicted molar refractivity (Wildman–Crippen MR) is 126 cm³/mol. The lowest BCUT2D eigenvalue weighted by Gasteiger charge is -2.25. The summed E-state index contributed by atoms with van der Waals surface area (Å²) in [5.41, 5.74) is 0.789. The first-order valence-electron chi connectivity index (χ1n) is 10.6. The van der Waals surface area contributed by atoms with Crippen LogP contribution in [0.2, 0.25) is 5.02 Å². The number of halogens is 1. The van der Waals surface area contributed by atoms with Crippen molar-refractivity contribution in [3.8, 4) is 11.5 Å². The molecule has 1 aliphatic heterocycles. The molecule has 1 N–H and O–H groups in total. The molecule has 0 aliphatic carbocycles. The van der Waals surface area contributed by atoms with E-state index in [1.807, 2.05) is 19.9 Å². The van der Waals surface area contributed by atoms with Crippen LogP contribution in [0.25, 0.3) is 5.76 Å². The average molecular weight is 474 g/mol. The number of methoxy groups -OCH3 is 2. The lowest BCUT2D eigenvalue weighted by Crippen LogP contribution is -2.32. The number of hydrogen-bond acceptors (Lipinski definition) is 6. The Labute approximate surface area is 198 Å². The van der Waals surface area contributed by atoms with Crippen molar-refractivity contribution >= 4 is 29.1 Å². The number of aliphatic hydroxyl groups excluding tert-OH is 1. The largest absolute Gasteiger partial charge is 0.507 e. The Morgan fingerprint density at radius 3 is 2.55 bits per heavy atom. The van der Waals surface area contributed by atoms with Gasteiger partial charge >= 0.3 is 0 Å². The summed E-state index contributed by atoms with van der Waals surface area (Å²) in [6.45, 7) is 5.01. The number of benzene rings is 2. The first kappa shape index (κ1) is 24.6. The predicted octanol–water partition coefficient (Wildman–Crippen LogP) is 4.45. The second-order valence-corrected chi connectivity index (χ2v) is 8.52. The molecule has 176 valence electrons. The van der Waals surface area contributed by atoms with E-state index in [0.717, 1.165) is 0 Å². The Kier molecular flexibility index (Phi) is 8.00. The number of ether oxygens (including phenoxy) is 3. The number of Topliss-reactive ketones (excluding diaryl/α,β-unsaturated/α-hetero) is 1. The van der Waals surface area contributed by atoms with Gasteiger partial charge in [0.1, 0.15) is 17.3 Å². The molecular formula is C25H28ClNO6. The van der Waals surface area contributed by atoms with E-state index in [4.69, 9.17) is 25.8 Å². The Morgan fingerprint density at radius 1 is 1.12 bits per heavy atom. The monoisotopic (exact) mass is 473 g/mol. The molecule has 7 nitrogen and oxygen atoms in total. The maximum atomic E-state index is 13.1. The molecule has 1 amide bonds. The van der Waals surface area contributed by atoms with Gasteiger partial charge in [0.05, 0.1) is 37.0 Å². The highest BCUT2D eigenvalue weighted by molar-refractivity contribution is 6.47. The number of likely N-dealkylation sites (tertiary alicyclic amines) is 1. The number of nitrogens with zero attached hydrogens (tertiary/aromatic N) is 1. The van der Waals surface area contributed by atoms with E-state index in [1.54, 1.807) is 30.3 Å². The van der Waals surface area contributed by atoms with Gasteiger partial charge in [0, 0.05) is 19.2 Å². The first-order chi connectivity index (χ1) is 15.8. The van der Waals surface area contributed by atoms with Crippen molar-refractivity contribution in [3.05, 3.63) is 64.2 Å². The minimum absolute atomic E-state index is 0.0488. The van der Waals surface area contributed by atoms with Crippen LogP contribution in [0, 0.1) is 5.92 Å². The highest BCUT2D eigenvalue weighted by atomic mass is 35.5. The van der Waals surface area contributed by atoms with E-state index in [1.165, 1.54) is 25.2 Å². The third kappa shape index (κ3) is 5.31. The van der Waals surface area contributed by atoms with E-state index in [9.17, 15) is 14.7 Å². The summed E-state index contributed by atoms with van der Waals surface area (Å²) in [5, 5.41) is 11.4. The zero-order valence-corrected chi connectivity index (χ0v) is 19.9. The van der Waals surface area contributed by atoms with Gasteiger partial charge in [-0.2, -0.15) is 0 Å². The Bertz CT molecular complexity index is 1060. The molecule has 1 fully saturated rings. The summed E-state index contributed by atoms with van der Waals surface area (Å²) in [6, 6.07) is 11.1. The van der Waals surface area contributed by atoms with E-state index < -0.39 is 17.7 Å². The lowest BCUT2D eigenvalue weighted by atomic mass is 9.95. The van der Waals surface area contributed by atoms with Gasteiger partial charge < -0.3 is 24.2 Å². The van der Waals surface area contributed by atoms with Crippen LogP contribution in [0.3, 0.4) is 0 Å². The fraction of sp³-hybridized carbons (Fsp3) is 0.360. The molecule has 2 aromatic carbocycles. The molecule has 2 aromatic rings. The van der Waals surface area contributed by atoms with Crippen LogP contribution in [-0.2, 0) is 14.3 Å². The minimum Gasteiger partial charge on any atom is -0.507 e. The molecule has 1 saturated heterocycles. The number of carbonyl (C=O) groups excluding carboxylic acids is 2. The van der Waals surface area contributed by atoms with Crippen LogP contribution in [0.5, 0.6) is 11.5 Å². The summed E-state index contributed by atoms with van der Waals surface area (Å²) in [5.74, 6) is -0.480. The standard InChI is InChI=1S/C25H28ClNO6/c1-15(2)14-33-18-7-5-6-16(12-18)22-21(24(29)25(30)27(22)10-11-31-3)23(28)19-13-17(32-4)8-9-20(19)26/h5-9,12-13,15,22,28H,10-11,14H2,1-4H3/b23-21+. The zero-order chi connectivity index (χ0) is 24.1. The molecule has 0 spiro atoms. The number of ketones is 1. The Morgan fingerprint density at radius 2 is 1.88 bits per heavy atom. The normalized spacial score (nSPS) is 17.6. The fourth-order valence-electron chi connectivity index (χ4n) is 3.64. The summed E-state index contributed by atoms with van der Waals surface area (Å²) >= 11 is 6.32. The molecular weight excluding hydrogens is 446 g/mol. The van der Waals surface area contributed by atoms with Crippen LogP contribution < -0.4 is 9.47 Å². The van der Waals surface area contributed by atoms with Crippen LogP contribution >= 0.6 is 11.6 Å². The third-order valence-electron chi connectivity index (χ3n) is 5.26. The molecule has 33 heavy (non-hydrogen) atoms. The molecule has 1 aliphatic rings. The smallest absolute Gasteiger partial charge is 0.295 e. The van der Waals surface area contributed by atoms with Crippen molar-refractivity contribution in [1.29, 1.82) is 0 Å². The first-order valence-corrected chi connectivity index (χ1v) is 11.0. The van der Waals surface area contributed by atoms with Crippen LogP contribution in [-0.4, -0.2) is 55.7 Å². The molecule has 3 rings (SSSR count). The van der Waals surface area contributed by atoms with Crippen molar-refractivity contribution in [3.63, 3.8) is 0 Å². The van der Waals surface area contributed by atoms with Gasteiger partial charge in [-0.25, -0.2) is 0 Å². The summed E-state index contributed by atoms with van der Waals surface area (Å²) in [6.07, 6.45) is 0. The minimum atomic E-state index is -0.829. The van der Waals surface area contributed by atoms with E-state index >= 15 is 0 Å². The van der Waals surface area contributed by atoms with Crippen molar-refractivity contribution < 1.29 is 28.9 Å². The number of aliphatic hydroxyl groups is 1. The zero-order valence-electron chi connectivity index (χ0n) is 19.1. The van der Waals surface area contributed by atoms with Gasteiger partial charge in [-0.05, 0) is 41.8 Å². The van der Waals surface area contributed by atoms with Crippen LogP contribution in [0.15, 0.2) is 48.0 Å². The molecule has 0 saturated carbocycles. The molecule has 8 heteroatoms. The fourth-order valence-corrected chi connectivity index (χ4v) is 3.85. The SMILES string of the molecule is COCCN1C(=O)C(=O)/C(=C(/O)c2cc(OC)ccc2Cl)C1c1cccc(OCC(C)C)c1. The second-order valence-electron chi connectivity index (χ2n) is 8.11. The van der Waals surface area contributed by atoms with Gasteiger partial charge in [0.2, 0.25) is 0 Å². The second kappa shape index (κ2) is 10.7. The van der Waals surface area contributed by atoms with E-state index in [0.29, 0.717) is 29.6 Å². The Balaban J connectivity index is 2.15. The molecule has 1 atom stereocenters. The molecule has 0 bridgehead atoms. The van der Waals surface area contributed by atoms with Crippen molar-refractivity contribution in [2.45, 2.75) is 19.9 Å². The van der Waals surface area contributed by atoms with Crippen LogP contribution in [0.1, 0.15) is 31.0 Å². The summed E-state index contributed by atoms with van der Waals surface area (Å²) in [4.78, 5) is 27.4. The molecule has 1 heterocycles. The van der Waals surface area contributed by atoms with Gasteiger partial charge in [-0.15, -0.1) is 0 Å². The number of carbonyl (C=O) groups is 2. The van der Waals surface area contributed by atoms with Crippen molar-refractivity contribution in [2.75, 3.05) is 34.0 Å². The third-order valence-corrected chi connectivity index (χ3v) is 5.59. The summed E-state index contributed by atoms with van der Waals surface area (Å²) < 4.78 is 16.2. The lowest BCUT2D eigenvalue weighted by molar-refractivity contribution is -0.140. The average Bonchev–Trinajstić information content (AvgIpc) is 3.06. The molecule has 0 aromatic heterocycles. The van der Waals surface area contributed by atoms with Gasteiger partial charge in [0.15, 0.2) is 0 Å². The van der Waals surface area contributed by atoms with E-state index in [2.05, 4.69) is 0 Å². The maximum absolute atomic E-state index is 13.1. The Hall–Kier alpha value is -3.03. The highest BCUT2D eigenvalue weighted by Gasteiger charge is 2.46. The number of amides is 1. The van der Waals surface area contributed by atoms with Crippen molar-refractivity contribution in [2.24, 2.45) is 5.92 Å². The topological polar surface area (TPSA) is 85.3 Å². The van der Waals surface area contributed by atoms with E-state index in [-0.39, 0.29) is 35.1 Å². The quantitative estimate of drug-likeness (QED) is 0.329. The number of hydrogen-bond donors (Lipinski definition) is 1. The molecule has 0 radical (unpaired) electrons. The highest BCUT2D eigenvalue weighted by Crippen LogP contribution is 2.41. The summed E-state index contributed by atoms with van der Waals surface area (Å²) in [7, 11) is 3.00. The van der Waals surface area contributed by atoms with Gasteiger partial charge in [0.25, 0.3) is 11.7 Å².